The third-order valence-electron chi connectivity index (χ3n) is 4.08. The van der Waals surface area contributed by atoms with Crippen LogP contribution in [0.1, 0.15) is 30.0 Å². The van der Waals surface area contributed by atoms with E-state index in [2.05, 4.69) is 58.7 Å². The molecule has 0 saturated carbocycles. The van der Waals surface area contributed by atoms with Gasteiger partial charge < -0.3 is 20.3 Å². The summed E-state index contributed by atoms with van der Waals surface area (Å²) in [5, 5.41) is 6.71. The molecule has 28 heavy (non-hydrogen) atoms. The van der Waals surface area contributed by atoms with Gasteiger partial charge in [0, 0.05) is 46.0 Å². The van der Waals surface area contributed by atoms with Crippen LogP contribution in [0.3, 0.4) is 0 Å². The van der Waals surface area contributed by atoms with Crippen molar-refractivity contribution in [3.63, 3.8) is 0 Å². The summed E-state index contributed by atoms with van der Waals surface area (Å²) in [5.41, 5.74) is 3.47. The molecule has 0 bridgehead atoms. The Balaban J connectivity index is 0.00000392. The van der Waals surface area contributed by atoms with Crippen LogP contribution in [0, 0.1) is 6.92 Å². The van der Waals surface area contributed by atoms with Crippen LogP contribution in [0.4, 0.5) is 5.82 Å². The average molecular weight is 497 g/mol. The lowest BCUT2D eigenvalue weighted by Crippen LogP contribution is -2.36. The van der Waals surface area contributed by atoms with Crippen LogP contribution in [0.25, 0.3) is 0 Å². The summed E-state index contributed by atoms with van der Waals surface area (Å²) in [6, 6.07) is 10.4. The molecule has 0 saturated heterocycles. The fraction of sp³-hybridized carbons (Fsp3) is 0.429. The summed E-state index contributed by atoms with van der Waals surface area (Å²) in [6.45, 7) is 6.24. The second-order valence-electron chi connectivity index (χ2n) is 6.66. The van der Waals surface area contributed by atoms with Gasteiger partial charge in [-0.05, 0) is 42.7 Å². The molecule has 1 aromatic carbocycles. The van der Waals surface area contributed by atoms with Gasteiger partial charge in [-0.15, -0.1) is 24.0 Å². The lowest BCUT2D eigenvalue weighted by molar-refractivity contribution is 0.313. The van der Waals surface area contributed by atoms with E-state index in [1.807, 2.05) is 31.3 Å². The number of nitrogens with zero attached hydrogens (tertiary/aromatic N) is 3. The van der Waals surface area contributed by atoms with Crippen molar-refractivity contribution in [2.75, 3.05) is 32.6 Å². The molecule has 0 aliphatic rings. The van der Waals surface area contributed by atoms with Crippen molar-refractivity contribution in [2.45, 2.75) is 33.4 Å². The van der Waals surface area contributed by atoms with Crippen LogP contribution in [-0.2, 0) is 13.1 Å². The van der Waals surface area contributed by atoms with Gasteiger partial charge in [-0.3, -0.25) is 4.99 Å². The minimum Gasteiger partial charge on any atom is -0.493 e. The Morgan fingerprint density at radius 2 is 1.89 bits per heavy atom. The number of aryl methyl sites for hydroxylation is 1. The van der Waals surface area contributed by atoms with Gasteiger partial charge in [-0.1, -0.05) is 19.1 Å². The van der Waals surface area contributed by atoms with Crippen molar-refractivity contribution in [1.29, 1.82) is 0 Å². The Morgan fingerprint density at radius 1 is 1.14 bits per heavy atom. The molecule has 0 atom stereocenters. The Labute approximate surface area is 185 Å². The Hall–Kier alpha value is -2.03. The van der Waals surface area contributed by atoms with Crippen LogP contribution >= 0.6 is 24.0 Å². The number of benzene rings is 1. The predicted octanol–water partition coefficient (Wildman–Crippen LogP) is 3.73. The third-order valence-corrected chi connectivity index (χ3v) is 4.08. The molecule has 2 N–H and O–H groups in total. The zero-order valence-corrected chi connectivity index (χ0v) is 19.8. The minimum atomic E-state index is 0. The molecule has 7 heteroatoms. The normalized spacial score (nSPS) is 10.8. The summed E-state index contributed by atoms with van der Waals surface area (Å²) in [6.07, 6.45) is 2.82. The highest BCUT2D eigenvalue weighted by atomic mass is 127. The van der Waals surface area contributed by atoms with E-state index in [-0.39, 0.29) is 24.0 Å². The van der Waals surface area contributed by atoms with E-state index in [0.29, 0.717) is 13.1 Å². The zero-order valence-electron chi connectivity index (χ0n) is 17.5. The van der Waals surface area contributed by atoms with Crippen LogP contribution in [0.2, 0.25) is 0 Å². The summed E-state index contributed by atoms with van der Waals surface area (Å²) in [7, 11) is 5.75. The SMILES string of the molecule is CCCOc1cc(C)ccc1CNC(=NC)NCc1ccnc(N(C)C)c1.I. The van der Waals surface area contributed by atoms with Crippen molar-refractivity contribution in [3.05, 3.63) is 53.2 Å². The van der Waals surface area contributed by atoms with E-state index in [9.17, 15) is 0 Å². The largest absolute Gasteiger partial charge is 0.493 e. The Kier molecular flexibility index (Phi) is 10.7. The first-order valence-corrected chi connectivity index (χ1v) is 9.32. The molecule has 0 fully saturated rings. The molecule has 0 aliphatic carbocycles. The number of hydrogen-bond donors (Lipinski definition) is 2. The van der Waals surface area contributed by atoms with Crippen LogP contribution < -0.4 is 20.3 Å². The highest BCUT2D eigenvalue weighted by Gasteiger charge is 2.06. The molecule has 2 rings (SSSR count). The van der Waals surface area contributed by atoms with Crippen molar-refractivity contribution in [1.82, 2.24) is 15.6 Å². The van der Waals surface area contributed by atoms with Crippen molar-refractivity contribution < 1.29 is 4.74 Å². The zero-order chi connectivity index (χ0) is 19.6. The van der Waals surface area contributed by atoms with E-state index in [1.54, 1.807) is 7.05 Å². The fourth-order valence-corrected chi connectivity index (χ4v) is 2.55. The van der Waals surface area contributed by atoms with Gasteiger partial charge in [0.2, 0.25) is 0 Å². The van der Waals surface area contributed by atoms with Crippen molar-refractivity contribution in [2.24, 2.45) is 4.99 Å². The lowest BCUT2D eigenvalue weighted by Gasteiger charge is -2.16. The number of halogens is 1. The first-order valence-electron chi connectivity index (χ1n) is 9.32. The molecule has 0 unspecified atom stereocenters. The van der Waals surface area contributed by atoms with E-state index in [4.69, 9.17) is 4.74 Å². The number of rotatable bonds is 8. The molecule has 0 radical (unpaired) electrons. The number of guanidine groups is 1. The molecular weight excluding hydrogens is 465 g/mol. The van der Waals surface area contributed by atoms with Crippen LogP contribution in [0.15, 0.2) is 41.5 Å². The maximum absolute atomic E-state index is 5.89. The summed E-state index contributed by atoms with van der Waals surface area (Å²) in [4.78, 5) is 10.6. The quantitative estimate of drug-likeness (QED) is 0.331. The van der Waals surface area contributed by atoms with E-state index in [1.165, 1.54) is 5.56 Å². The van der Waals surface area contributed by atoms with Gasteiger partial charge in [-0.2, -0.15) is 0 Å². The second kappa shape index (κ2) is 12.4. The number of nitrogens with one attached hydrogen (secondary N) is 2. The molecular formula is C21H32IN5O. The van der Waals surface area contributed by atoms with Crippen LogP contribution in [-0.4, -0.2) is 38.7 Å². The maximum Gasteiger partial charge on any atom is 0.191 e. The molecule has 1 heterocycles. The summed E-state index contributed by atoms with van der Waals surface area (Å²) in [5.74, 6) is 2.62. The predicted molar refractivity (Wildman–Crippen MR) is 128 cm³/mol. The van der Waals surface area contributed by atoms with E-state index in [0.717, 1.165) is 41.7 Å². The smallest absolute Gasteiger partial charge is 0.191 e. The standard InChI is InChI=1S/C21H31N5O.HI/c1-6-11-27-19-12-16(2)7-8-18(19)15-25-21(22-3)24-14-17-9-10-23-20(13-17)26(4)5;/h7-10,12-13H,6,11,14-15H2,1-5H3,(H2,22,24,25);1H. The van der Waals surface area contributed by atoms with Crippen molar-refractivity contribution >= 4 is 35.8 Å². The van der Waals surface area contributed by atoms with E-state index < -0.39 is 0 Å². The highest BCUT2D eigenvalue weighted by Crippen LogP contribution is 2.20. The number of aliphatic imine (C=N–C) groups is 1. The van der Waals surface area contributed by atoms with Gasteiger partial charge >= 0.3 is 0 Å². The number of pyridine rings is 1. The van der Waals surface area contributed by atoms with Gasteiger partial charge in [-0.25, -0.2) is 4.98 Å². The number of anilines is 1. The Bertz CT molecular complexity index is 764. The minimum absolute atomic E-state index is 0. The van der Waals surface area contributed by atoms with E-state index >= 15 is 0 Å². The molecule has 0 aliphatic heterocycles. The molecule has 0 amide bonds. The molecule has 2 aromatic rings. The van der Waals surface area contributed by atoms with Crippen LogP contribution in [0.5, 0.6) is 5.75 Å². The number of hydrogen-bond acceptors (Lipinski definition) is 4. The number of aromatic nitrogens is 1. The second-order valence-corrected chi connectivity index (χ2v) is 6.66. The first kappa shape index (κ1) is 24.0. The maximum atomic E-state index is 5.89. The highest BCUT2D eigenvalue weighted by molar-refractivity contribution is 14.0. The first-order chi connectivity index (χ1) is 13.0. The Morgan fingerprint density at radius 3 is 2.57 bits per heavy atom. The average Bonchev–Trinajstić information content (AvgIpc) is 2.67. The number of ether oxygens (including phenoxy) is 1. The molecule has 0 spiro atoms. The van der Waals surface area contributed by atoms with Gasteiger partial charge in [0.15, 0.2) is 5.96 Å². The monoisotopic (exact) mass is 497 g/mol. The topological polar surface area (TPSA) is 61.8 Å². The van der Waals surface area contributed by atoms with Gasteiger partial charge in [0.05, 0.1) is 6.61 Å². The summed E-state index contributed by atoms with van der Waals surface area (Å²) < 4.78 is 5.89. The molecule has 6 nitrogen and oxygen atoms in total. The van der Waals surface area contributed by atoms with Gasteiger partial charge in [0.25, 0.3) is 0 Å². The fourth-order valence-electron chi connectivity index (χ4n) is 2.55. The summed E-state index contributed by atoms with van der Waals surface area (Å²) >= 11 is 0. The molecule has 154 valence electrons. The van der Waals surface area contributed by atoms with Crippen molar-refractivity contribution in [3.8, 4) is 5.75 Å². The third kappa shape index (κ3) is 7.53. The lowest BCUT2D eigenvalue weighted by atomic mass is 10.1. The van der Waals surface area contributed by atoms with Gasteiger partial charge in [0.1, 0.15) is 11.6 Å². The molecule has 1 aromatic heterocycles.